The smallest absolute Gasteiger partial charge is 0.313 e. The number of benzene rings is 3. The van der Waals surface area contributed by atoms with E-state index in [9.17, 15) is 24.6 Å². The molecule has 7 heteroatoms. The lowest BCUT2D eigenvalue weighted by atomic mass is 9.64. The molecule has 1 aliphatic heterocycles. The highest BCUT2D eigenvalue weighted by Crippen LogP contribution is 2.66. The van der Waals surface area contributed by atoms with Crippen molar-refractivity contribution in [2.24, 2.45) is 16.2 Å². The first kappa shape index (κ1) is 39.2. The van der Waals surface area contributed by atoms with E-state index in [0.29, 0.717) is 75.5 Å². The van der Waals surface area contributed by atoms with E-state index >= 15 is 0 Å². The lowest BCUT2D eigenvalue weighted by Crippen LogP contribution is -2.60. The number of ketones is 1. The molecule has 2 saturated carbocycles. The molecule has 3 aromatic carbocycles. The Morgan fingerprint density at radius 1 is 0.891 bits per heavy atom. The number of carbonyl (C=O) groups excluding carboxylic acids is 3. The molecule has 6 atom stereocenters. The predicted octanol–water partition coefficient (Wildman–Crippen LogP) is 8.98. The quantitative estimate of drug-likeness (QED) is 0.136. The number of rotatable bonds is 8. The molecule has 8 rings (SSSR count). The van der Waals surface area contributed by atoms with E-state index < -0.39 is 33.6 Å². The van der Waals surface area contributed by atoms with Crippen LogP contribution in [0, 0.1) is 16.2 Å². The first-order valence-corrected chi connectivity index (χ1v) is 20.5. The molecule has 292 valence electrons. The van der Waals surface area contributed by atoms with Gasteiger partial charge in [-0.3, -0.25) is 14.4 Å². The first-order chi connectivity index (χ1) is 26.1. The lowest BCUT2D eigenvalue weighted by Gasteiger charge is -2.47. The monoisotopic (exact) mass is 745 g/mol. The van der Waals surface area contributed by atoms with E-state index in [-0.39, 0.29) is 30.1 Å². The van der Waals surface area contributed by atoms with Crippen molar-refractivity contribution in [2.75, 3.05) is 13.1 Å². The molecule has 4 aliphatic carbocycles. The topological polar surface area (TPSA) is 104 Å². The van der Waals surface area contributed by atoms with Gasteiger partial charge in [-0.05, 0) is 112 Å². The number of aliphatic hydroxyl groups excluding tert-OH is 1. The maximum atomic E-state index is 14.8. The SMILES string of the molecule is CCCN(CC1(O)CCC2c3ccc(cc3C(=O)c3ccc(-c4ccccc4)cc3)CC(O)CCC(C)=CCCC21C)C(=O)C12CCC(C)(C(=O)O1)C2(C)C. The predicted molar refractivity (Wildman–Crippen MR) is 216 cm³/mol. The average Bonchev–Trinajstić information content (AvgIpc) is 3.61. The number of nitrogens with zero attached hydrogens (tertiary/aromatic N) is 1. The summed E-state index contributed by atoms with van der Waals surface area (Å²) in [5.41, 5.74) is 1.64. The van der Waals surface area contributed by atoms with Crippen LogP contribution in [0.1, 0.15) is 132 Å². The van der Waals surface area contributed by atoms with Crippen LogP contribution >= 0.6 is 0 Å². The van der Waals surface area contributed by atoms with Gasteiger partial charge in [0.25, 0.3) is 5.91 Å². The number of ether oxygens (including phenoxy) is 1. The zero-order chi connectivity index (χ0) is 39.4. The van der Waals surface area contributed by atoms with E-state index in [1.54, 1.807) is 4.90 Å². The number of carbonyl (C=O) groups is 3. The van der Waals surface area contributed by atoms with Crippen LogP contribution in [-0.2, 0) is 20.7 Å². The van der Waals surface area contributed by atoms with Gasteiger partial charge < -0.3 is 19.8 Å². The Labute approximate surface area is 327 Å². The molecule has 0 aromatic heterocycles. The zero-order valence-corrected chi connectivity index (χ0v) is 33.6. The summed E-state index contributed by atoms with van der Waals surface area (Å²) >= 11 is 0. The maximum Gasteiger partial charge on any atom is 0.313 e. The van der Waals surface area contributed by atoms with Crippen LogP contribution in [0.15, 0.2) is 84.4 Å². The molecule has 0 radical (unpaired) electrons. The molecule has 7 nitrogen and oxygen atoms in total. The van der Waals surface area contributed by atoms with Crippen molar-refractivity contribution in [3.05, 3.63) is 107 Å². The summed E-state index contributed by atoms with van der Waals surface area (Å²) in [6.45, 7) is 12.7. The Kier molecular flexibility index (Phi) is 10.3. The highest BCUT2D eigenvalue weighted by atomic mass is 16.6. The van der Waals surface area contributed by atoms with Gasteiger partial charge in [0.15, 0.2) is 11.4 Å². The number of fused-ring (bicyclic) bond motifs is 10. The van der Waals surface area contributed by atoms with Crippen molar-refractivity contribution in [1.82, 2.24) is 4.90 Å². The van der Waals surface area contributed by atoms with Gasteiger partial charge in [0.05, 0.1) is 23.7 Å². The zero-order valence-electron chi connectivity index (χ0n) is 33.6. The molecule has 3 aromatic rings. The van der Waals surface area contributed by atoms with Crippen molar-refractivity contribution < 1.29 is 29.3 Å². The molecule has 3 fully saturated rings. The number of hydrogen-bond donors (Lipinski definition) is 2. The van der Waals surface area contributed by atoms with Crippen molar-refractivity contribution >= 4 is 17.7 Å². The summed E-state index contributed by atoms with van der Waals surface area (Å²) in [6.07, 6.45) is 7.75. The highest BCUT2D eigenvalue weighted by molar-refractivity contribution is 6.10. The minimum absolute atomic E-state index is 0.0805. The van der Waals surface area contributed by atoms with Crippen LogP contribution in [0.4, 0.5) is 0 Å². The summed E-state index contributed by atoms with van der Waals surface area (Å²) in [5, 5.41) is 24.2. The van der Waals surface area contributed by atoms with Crippen LogP contribution < -0.4 is 0 Å². The molecule has 1 heterocycles. The number of esters is 1. The van der Waals surface area contributed by atoms with E-state index in [0.717, 1.165) is 28.7 Å². The second kappa shape index (κ2) is 14.5. The van der Waals surface area contributed by atoms with Gasteiger partial charge in [0.2, 0.25) is 0 Å². The minimum atomic E-state index is -1.28. The molecule has 55 heavy (non-hydrogen) atoms. The third-order valence-electron chi connectivity index (χ3n) is 14.8. The van der Waals surface area contributed by atoms with Gasteiger partial charge in [-0.25, -0.2) is 0 Å². The van der Waals surface area contributed by atoms with Gasteiger partial charge >= 0.3 is 5.97 Å². The van der Waals surface area contributed by atoms with Crippen LogP contribution in [0.5, 0.6) is 0 Å². The molecule has 0 spiro atoms. The van der Waals surface area contributed by atoms with Crippen LogP contribution in [-0.4, -0.2) is 63.2 Å². The Morgan fingerprint density at radius 3 is 2.25 bits per heavy atom. The van der Waals surface area contributed by atoms with E-state index in [2.05, 4.69) is 38.1 Å². The summed E-state index contributed by atoms with van der Waals surface area (Å²) in [7, 11) is 0. The molecule has 2 N–H and O–H groups in total. The number of hydrogen-bond acceptors (Lipinski definition) is 6. The minimum Gasteiger partial charge on any atom is -0.448 e. The fourth-order valence-corrected chi connectivity index (χ4v) is 10.6. The maximum absolute atomic E-state index is 14.8. The fourth-order valence-electron chi connectivity index (χ4n) is 10.6. The van der Waals surface area contributed by atoms with E-state index in [4.69, 9.17) is 4.74 Å². The Balaban J connectivity index is 1.28. The van der Waals surface area contributed by atoms with Gasteiger partial charge in [0, 0.05) is 28.5 Å². The van der Waals surface area contributed by atoms with Crippen molar-refractivity contribution in [1.29, 1.82) is 0 Å². The van der Waals surface area contributed by atoms with Gasteiger partial charge in [-0.15, -0.1) is 0 Å². The summed E-state index contributed by atoms with van der Waals surface area (Å²) in [5.74, 6) is -0.772. The summed E-state index contributed by atoms with van der Waals surface area (Å²) in [6, 6.07) is 23.9. The molecule has 6 unspecified atom stereocenters. The molecule has 4 bridgehead atoms. The highest BCUT2D eigenvalue weighted by Gasteiger charge is 2.76. The normalized spacial score (nSPS) is 31.3. The van der Waals surface area contributed by atoms with Gasteiger partial charge in [-0.2, -0.15) is 0 Å². The second-order valence-corrected chi connectivity index (χ2v) is 18.1. The number of aliphatic hydroxyl groups is 2. The molecule has 1 amide bonds. The van der Waals surface area contributed by atoms with Crippen LogP contribution in [0.25, 0.3) is 11.1 Å². The third-order valence-corrected chi connectivity index (χ3v) is 14.8. The van der Waals surface area contributed by atoms with Gasteiger partial charge in [0.1, 0.15) is 0 Å². The third kappa shape index (κ3) is 6.39. The molecule has 5 aliphatic rings. The van der Waals surface area contributed by atoms with Crippen molar-refractivity contribution in [2.45, 2.75) is 129 Å². The lowest BCUT2D eigenvalue weighted by molar-refractivity contribution is -0.177. The average molecular weight is 746 g/mol. The first-order valence-electron chi connectivity index (χ1n) is 20.5. The Morgan fingerprint density at radius 2 is 1.60 bits per heavy atom. The molecular weight excluding hydrogens is 687 g/mol. The van der Waals surface area contributed by atoms with Gasteiger partial charge in [-0.1, -0.05) is 106 Å². The van der Waals surface area contributed by atoms with Crippen molar-refractivity contribution in [3.8, 4) is 11.1 Å². The van der Waals surface area contributed by atoms with E-state index in [1.807, 2.05) is 82.3 Å². The second-order valence-electron chi connectivity index (χ2n) is 18.1. The summed E-state index contributed by atoms with van der Waals surface area (Å²) < 4.78 is 6.08. The Bertz CT molecular complexity index is 1980. The van der Waals surface area contributed by atoms with Crippen molar-refractivity contribution in [3.63, 3.8) is 0 Å². The molecule has 1 saturated heterocycles. The van der Waals surface area contributed by atoms with Crippen LogP contribution in [0.3, 0.4) is 0 Å². The largest absolute Gasteiger partial charge is 0.448 e. The number of amides is 1. The van der Waals surface area contributed by atoms with Crippen LogP contribution in [0.2, 0.25) is 0 Å². The Hall–Kier alpha value is -4.07. The number of allylic oxidation sites excluding steroid dienone is 2. The molecular formula is C48H59NO6. The van der Waals surface area contributed by atoms with E-state index in [1.165, 1.54) is 5.57 Å². The fraction of sp³-hybridized carbons (Fsp3) is 0.521. The summed E-state index contributed by atoms with van der Waals surface area (Å²) in [4.78, 5) is 44.5. The standard InChI is InChI=1S/C48H59NO6/c1-7-28-49(42(52)48-27-26-46(6,43(53)55-48)44(48,3)4)31-47(54)25-23-40-38-22-16-33(29-37(50)21-15-32(2)12-11-24-45(40,47)5)30-39(38)41(51)36-19-17-35(18-20-36)34-13-9-8-10-14-34/h8-10,12-14,16-20,22,30,37,40,50,54H,7,11,15,21,23-29,31H2,1-6H3.